The molecule has 2 N–H and O–H groups in total. The van der Waals surface area contributed by atoms with Crippen molar-refractivity contribution >= 4 is 45.6 Å². The zero-order valence-electron chi connectivity index (χ0n) is 16.6. The van der Waals surface area contributed by atoms with Crippen molar-refractivity contribution in [2.45, 2.75) is 12.5 Å². The number of hydrogen-bond donors (Lipinski definition) is 2. The lowest BCUT2D eigenvalue weighted by Gasteiger charge is -2.16. The molecule has 0 saturated heterocycles. The van der Waals surface area contributed by atoms with E-state index in [0.29, 0.717) is 11.1 Å². The van der Waals surface area contributed by atoms with Gasteiger partial charge in [0.05, 0.1) is 30.0 Å². The number of nitrogens with zero attached hydrogens (tertiary/aromatic N) is 1. The van der Waals surface area contributed by atoms with Gasteiger partial charge in [0, 0.05) is 17.7 Å². The number of carbonyl (C=O) groups is 4. The van der Waals surface area contributed by atoms with Gasteiger partial charge in [0.1, 0.15) is 0 Å². The fourth-order valence-corrected chi connectivity index (χ4v) is 3.73. The Morgan fingerprint density at radius 3 is 1.77 bits per heavy atom. The molecule has 0 fully saturated rings. The summed E-state index contributed by atoms with van der Waals surface area (Å²) < 4.78 is 0. The number of nitriles is 1. The largest absolute Gasteiger partial charge is 0.353 e. The molecule has 0 aliphatic heterocycles. The monoisotopic (exact) mass is 455 g/mol. The van der Waals surface area contributed by atoms with Gasteiger partial charge < -0.3 is 10.6 Å². The maximum Gasteiger partial charge on any atom is 0.230 e. The summed E-state index contributed by atoms with van der Waals surface area (Å²) in [4.78, 5) is 48.2. The van der Waals surface area contributed by atoms with Crippen molar-refractivity contribution in [2.24, 2.45) is 0 Å². The molecular weight excluding hydrogens is 434 g/mol. The Kier molecular flexibility index (Phi) is 10.3. The minimum absolute atomic E-state index is 0.000588. The third-order valence-corrected chi connectivity index (χ3v) is 5.74. The molecular formula is C22H21N3O4S2. The third kappa shape index (κ3) is 9.07. The van der Waals surface area contributed by atoms with E-state index in [1.54, 1.807) is 60.7 Å². The van der Waals surface area contributed by atoms with Crippen molar-refractivity contribution in [1.29, 1.82) is 5.26 Å². The fourth-order valence-electron chi connectivity index (χ4n) is 2.42. The van der Waals surface area contributed by atoms with Gasteiger partial charge in [-0.1, -0.05) is 84.2 Å². The first-order valence-electron chi connectivity index (χ1n) is 9.37. The van der Waals surface area contributed by atoms with Crippen LogP contribution in [0.15, 0.2) is 60.7 Å². The van der Waals surface area contributed by atoms with Gasteiger partial charge in [-0.3, -0.25) is 19.2 Å². The van der Waals surface area contributed by atoms with E-state index in [9.17, 15) is 19.2 Å². The number of benzene rings is 2. The average molecular weight is 456 g/mol. The minimum atomic E-state index is -0.594. The van der Waals surface area contributed by atoms with E-state index in [1.165, 1.54) is 0 Å². The smallest absolute Gasteiger partial charge is 0.230 e. The molecule has 0 bridgehead atoms. The number of hydrogen-bond acceptors (Lipinski definition) is 7. The third-order valence-electron chi connectivity index (χ3n) is 3.94. The molecule has 1 atom stereocenters. The lowest BCUT2D eigenvalue weighted by Crippen LogP contribution is -2.44. The Balaban J connectivity index is 1.72. The first-order chi connectivity index (χ1) is 15.0. The molecule has 160 valence electrons. The van der Waals surface area contributed by atoms with Crippen LogP contribution >= 0.6 is 23.5 Å². The Bertz CT molecular complexity index is 946. The van der Waals surface area contributed by atoms with E-state index in [2.05, 4.69) is 10.6 Å². The summed E-state index contributed by atoms with van der Waals surface area (Å²) in [6.07, 6.45) is -0.000588. The predicted octanol–water partition coefficient (Wildman–Crippen LogP) is 2.65. The van der Waals surface area contributed by atoms with Gasteiger partial charge in [0.2, 0.25) is 22.0 Å². The molecule has 0 aliphatic carbocycles. The van der Waals surface area contributed by atoms with Crippen LogP contribution in [0.1, 0.15) is 27.1 Å². The van der Waals surface area contributed by atoms with Crippen molar-refractivity contribution in [3.8, 4) is 6.07 Å². The molecule has 0 radical (unpaired) electrons. The molecule has 9 heteroatoms. The van der Waals surface area contributed by atoms with E-state index in [0.717, 1.165) is 23.5 Å². The second kappa shape index (κ2) is 13.3. The summed E-state index contributed by atoms with van der Waals surface area (Å²) in [5, 5.41) is 13.8. The van der Waals surface area contributed by atoms with Gasteiger partial charge in [0.15, 0.2) is 0 Å². The number of nitrogens with one attached hydrogen (secondary N) is 2. The fraction of sp³-hybridized carbons (Fsp3) is 0.227. The highest BCUT2D eigenvalue weighted by Gasteiger charge is 2.16. The lowest BCUT2D eigenvalue weighted by atomic mass is 10.2. The molecule has 1 unspecified atom stereocenters. The summed E-state index contributed by atoms with van der Waals surface area (Å²) in [6, 6.07) is 18.6. The van der Waals surface area contributed by atoms with E-state index in [1.807, 2.05) is 6.07 Å². The molecule has 2 rings (SSSR count). The number of thioether (sulfide) groups is 2. The van der Waals surface area contributed by atoms with Crippen molar-refractivity contribution < 1.29 is 19.2 Å². The summed E-state index contributed by atoms with van der Waals surface area (Å²) in [7, 11) is 0. The van der Waals surface area contributed by atoms with Crippen LogP contribution in [0, 0.1) is 11.3 Å². The SMILES string of the molecule is N#CCC(CNC(=O)CSC(=O)c1ccccc1)NC(=O)CSC(=O)c1ccccc1. The maximum absolute atomic E-state index is 12.1. The van der Waals surface area contributed by atoms with Crippen LogP contribution in [-0.2, 0) is 9.59 Å². The molecule has 0 heterocycles. The highest BCUT2D eigenvalue weighted by atomic mass is 32.2. The number of rotatable bonds is 10. The molecule has 31 heavy (non-hydrogen) atoms. The molecule has 2 amide bonds. The Labute approximate surface area is 189 Å². The normalized spacial score (nSPS) is 11.1. The number of carbonyl (C=O) groups excluding carboxylic acids is 4. The van der Waals surface area contributed by atoms with Crippen molar-refractivity contribution in [2.75, 3.05) is 18.1 Å². The van der Waals surface area contributed by atoms with Gasteiger partial charge in [0.25, 0.3) is 0 Å². The van der Waals surface area contributed by atoms with Gasteiger partial charge >= 0.3 is 0 Å². The molecule has 2 aromatic rings. The topological polar surface area (TPSA) is 116 Å². The summed E-state index contributed by atoms with van der Waals surface area (Å²) in [5.41, 5.74) is 1.01. The van der Waals surface area contributed by atoms with Gasteiger partial charge in [-0.25, -0.2) is 0 Å². The number of amides is 2. The molecule has 0 spiro atoms. The first kappa shape index (κ1) is 24.2. The Morgan fingerprint density at radius 1 is 0.806 bits per heavy atom. The van der Waals surface area contributed by atoms with Crippen LogP contribution < -0.4 is 10.6 Å². The molecule has 0 aliphatic rings. The zero-order chi connectivity index (χ0) is 22.5. The van der Waals surface area contributed by atoms with Crippen LogP contribution in [0.2, 0.25) is 0 Å². The van der Waals surface area contributed by atoms with Crippen molar-refractivity contribution in [1.82, 2.24) is 10.6 Å². The quantitative estimate of drug-likeness (QED) is 0.566. The average Bonchev–Trinajstić information content (AvgIpc) is 2.80. The van der Waals surface area contributed by atoms with E-state index < -0.39 is 11.9 Å². The van der Waals surface area contributed by atoms with Crippen LogP contribution in [-0.4, -0.2) is 46.1 Å². The summed E-state index contributed by atoms with van der Waals surface area (Å²) >= 11 is 1.75. The van der Waals surface area contributed by atoms with Crippen molar-refractivity contribution in [3.05, 3.63) is 71.8 Å². The zero-order valence-corrected chi connectivity index (χ0v) is 18.2. The standard InChI is InChI=1S/C22H21N3O4S2/c23-12-11-18(25-20(27)15-31-22(29)17-9-5-2-6-10-17)13-24-19(26)14-30-21(28)16-7-3-1-4-8-16/h1-10,18H,11,13-15H2,(H,24,26)(H,25,27). The Morgan fingerprint density at radius 2 is 1.29 bits per heavy atom. The highest BCUT2D eigenvalue weighted by Crippen LogP contribution is 2.12. The second-order valence-corrected chi connectivity index (χ2v) is 8.21. The van der Waals surface area contributed by atoms with E-state index >= 15 is 0 Å². The molecule has 2 aromatic carbocycles. The second-order valence-electron chi connectivity index (χ2n) is 6.32. The van der Waals surface area contributed by atoms with Crippen LogP contribution in [0.25, 0.3) is 0 Å². The van der Waals surface area contributed by atoms with Gasteiger partial charge in [-0.05, 0) is 0 Å². The maximum atomic E-state index is 12.1. The molecule has 7 nitrogen and oxygen atoms in total. The van der Waals surface area contributed by atoms with Crippen LogP contribution in [0.5, 0.6) is 0 Å². The summed E-state index contributed by atoms with van der Waals surface area (Å²) in [6.45, 7) is 0.0511. The van der Waals surface area contributed by atoms with Gasteiger partial charge in [-0.15, -0.1) is 0 Å². The van der Waals surface area contributed by atoms with E-state index in [4.69, 9.17) is 5.26 Å². The minimum Gasteiger partial charge on any atom is -0.353 e. The van der Waals surface area contributed by atoms with Crippen LogP contribution in [0.3, 0.4) is 0 Å². The van der Waals surface area contributed by atoms with E-state index in [-0.39, 0.29) is 40.6 Å². The lowest BCUT2D eigenvalue weighted by molar-refractivity contribution is -0.121. The molecule has 0 saturated carbocycles. The predicted molar refractivity (Wildman–Crippen MR) is 122 cm³/mol. The first-order valence-corrected chi connectivity index (χ1v) is 11.3. The highest BCUT2D eigenvalue weighted by molar-refractivity contribution is 8.14. The van der Waals surface area contributed by atoms with Crippen LogP contribution in [0.4, 0.5) is 0 Å². The Hall–Kier alpha value is -3.09. The van der Waals surface area contributed by atoms with Gasteiger partial charge in [-0.2, -0.15) is 5.26 Å². The molecule has 0 aromatic heterocycles. The summed E-state index contributed by atoms with van der Waals surface area (Å²) in [5.74, 6) is -0.939. The van der Waals surface area contributed by atoms with Crippen molar-refractivity contribution in [3.63, 3.8) is 0 Å².